The number of methoxy groups -OCH3 is 2. The van der Waals surface area contributed by atoms with E-state index in [2.05, 4.69) is 30.6 Å². The number of rotatable bonds is 10. The van der Waals surface area contributed by atoms with Gasteiger partial charge in [-0.25, -0.2) is 0 Å². The highest BCUT2D eigenvalue weighted by Gasteiger charge is 2.55. The maximum Gasteiger partial charge on any atom is 0.316 e. The van der Waals surface area contributed by atoms with Gasteiger partial charge in [-0.15, -0.1) is 0 Å². The standard InChI is InChI=1S/C22H28N6O7/c1-32-19-23-8-14(9-24-19)34-12-17(30)27-21-3-5-22(6-4-21,16(29)7-21)28-18(31)13-35-15-10-25-20(33-2)26-11-15/h8-11,16,29H,3-7,12-13H2,1-2H3,(H,27,30)(H,28,31)/t16-,21?,22?/m0/s1. The van der Waals surface area contributed by atoms with E-state index in [1.165, 1.54) is 39.0 Å². The Hall–Kier alpha value is -3.74. The molecule has 5 rings (SSSR count). The second-order valence-corrected chi connectivity index (χ2v) is 8.64. The van der Waals surface area contributed by atoms with Crippen LogP contribution in [0.1, 0.15) is 32.1 Å². The van der Waals surface area contributed by atoms with Crippen molar-refractivity contribution in [2.75, 3.05) is 27.4 Å². The fourth-order valence-electron chi connectivity index (χ4n) is 4.57. The number of aliphatic hydroxyl groups excluding tert-OH is 1. The summed E-state index contributed by atoms with van der Waals surface area (Å²) in [7, 11) is 2.91. The molecular formula is C22H28N6O7. The average Bonchev–Trinajstić information content (AvgIpc) is 2.88. The van der Waals surface area contributed by atoms with Crippen LogP contribution < -0.4 is 29.6 Å². The molecule has 2 aromatic rings. The van der Waals surface area contributed by atoms with Crippen molar-refractivity contribution in [3.63, 3.8) is 0 Å². The monoisotopic (exact) mass is 488 g/mol. The van der Waals surface area contributed by atoms with Crippen LogP contribution in [0.25, 0.3) is 0 Å². The molecule has 0 aliphatic heterocycles. The third-order valence-electron chi connectivity index (χ3n) is 6.43. The summed E-state index contributed by atoms with van der Waals surface area (Å²) >= 11 is 0. The second-order valence-electron chi connectivity index (χ2n) is 8.64. The highest BCUT2D eigenvalue weighted by Crippen LogP contribution is 2.47. The highest BCUT2D eigenvalue weighted by atomic mass is 16.5. The maximum absolute atomic E-state index is 12.5. The molecule has 3 saturated carbocycles. The lowest BCUT2D eigenvalue weighted by atomic mass is 9.60. The number of hydrogen-bond donors (Lipinski definition) is 3. The van der Waals surface area contributed by atoms with Crippen LogP contribution in [-0.2, 0) is 9.59 Å². The summed E-state index contributed by atoms with van der Waals surface area (Å²) < 4.78 is 20.7. The normalized spacial score (nSPS) is 24.8. The van der Waals surface area contributed by atoms with Gasteiger partial charge in [0.2, 0.25) is 0 Å². The van der Waals surface area contributed by atoms with Crippen LogP contribution >= 0.6 is 0 Å². The Bertz CT molecular complexity index is 1030. The first kappa shape index (κ1) is 24.4. The molecular weight excluding hydrogens is 460 g/mol. The van der Waals surface area contributed by atoms with Gasteiger partial charge < -0.3 is 34.7 Å². The van der Waals surface area contributed by atoms with E-state index in [0.29, 0.717) is 43.6 Å². The highest BCUT2D eigenvalue weighted by molar-refractivity contribution is 5.79. The molecule has 3 fully saturated rings. The zero-order valence-corrected chi connectivity index (χ0v) is 19.5. The van der Waals surface area contributed by atoms with Gasteiger partial charge in [0.15, 0.2) is 24.7 Å². The van der Waals surface area contributed by atoms with Gasteiger partial charge in [-0.3, -0.25) is 9.59 Å². The third-order valence-corrected chi connectivity index (χ3v) is 6.43. The quantitative estimate of drug-likeness (QED) is 0.405. The minimum absolute atomic E-state index is 0.199. The first-order valence-electron chi connectivity index (χ1n) is 11.1. The van der Waals surface area contributed by atoms with E-state index in [-0.39, 0.29) is 37.0 Å². The molecule has 2 aromatic heterocycles. The molecule has 35 heavy (non-hydrogen) atoms. The lowest BCUT2D eigenvalue weighted by Gasteiger charge is -2.56. The van der Waals surface area contributed by atoms with E-state index in [4.69, 9.17) is 18.9 Å². The Morgan fingerprint density at radius 3 is 1.74 bits per heavy atom. The van der Waals surface area contributed by atoms with Gasteiger partial charge in [-0.2, -0.15) is 19.9 Å². The number of aromatic nitrogens is 4. The zero-order chi connectivity index (χ0) is 24.9. The molecule has 188 valence electrons. The Kier molecular flexibility index (Phi) is 7.15. The number of nitrogens with zero attached hydrogens (tertiary/aromatic N) is 4. The molecule has 3 N–H and O–H groups in total. The van der Waals surface area contributed by atoms with E-state index in [9.17, 15) is 14.7 Å². The molecule has 3 aliphatic carbocycles. The summed E-state index contributed by atoms with van der Waals surface area (Å²) in [5.74, 6) is 0.0161. The van der Waals surface area contributed by atoms with Crippen molar-refractivity contribution in [2.24, 2.45) is 0 Å². The van der Waals surface area contributed by atoms with Crippen LogP contribution in [0.3, 0.4) is 0 Å². The number of fused-ring (bicyclic) bond motifs is 3. The summed E-state index contributed by atoms with van der Waals surface area (Å²) in [5.41, 5.74) is -1.29. The van der Waals surface area contributed by atoms with E-state index in [0.717, 1.165) is 0 Å². The van der Waals surface area contributed by atoms with Crippen LogP contribution in [0.15, 0.2) is 24.8 Å². The van der Waals surface area contributed by atoms with Crippen molar-refractivity contribution in [3.8, 4) is 23.5 Å². The van der Waals surface area contributed by atoms with E-state index < -0.39 is 17.2 Å². The van der Waals surface area contributed by atoms with Crippen LogP contribution in [0, 0.1) is 0 Å². The van der Waals surface area contributed by atoms with Crippen molar-refractivity contribution >= 4 is 11.8 Å². The van der Waals surface area contributed by atoms with Gasteiger partial charge >= 0.3 is 12.0 Å². The van der Waals surface area contributed by atoms with E-state index in [1.807, 2.05) is 0 Å². The smallest absolute Gasteiger partial charge is 0.316 e. The van der Waals surface area contributed by atoms with Crippen LogP contribution in [-0.4, -0.2) is 81.5 Å². The van der Waals surface area contributed by atoms with Crippen molar-refractivity contribution < 1.29 is 33.6 Å². The van der Waals surface area contributed by atoms with Gasteiger partial charge in [0, 0.05) is 5.54 Å². The van der Waals surface area contributed by atoms with Crippen LogP contribution in [0.2, 0.25) is 0 Å². The molecule has 0 unspecified atom stereocenters. The summed E-state index contributed by atoms with van der Waals surface area (Å²) in [4.78, 5) is 40.8. The molecule has 2 amide bonds. The molecule has 0 spiro atoms. The molecule has 0 saturated heterocycles. The summed E-state index contributed by atoms with van der Waals surface area (Å²) in [6, 6.07) is 0.404. The fraction of sp³-hybridized carbons (Fsp3) is 0.545. The second kappa shape index (κ2) is 10.3. The molecule has 3 aliphatic rings. The first-order valence-corrected chi connectivity index (χ1v) is 11.1. The number of nitrogens with one attached hydrogen (secondary N) is 2. The molecule has 1 atom stereocenters. The van der Waals surface area contributed by atoms with Crippen molar-refractivity contribution in [1.29, 1.82) is 0 Å². The minimum atomic E-state index is -0.811. The van der Waals surface area contributed by atoms with Crippen LogP contribution in [0.4, 0.5) is 0 Å². The molecule has 13 heteroatoms. The molecule has 13 nitrogen and oxygen atoms in total. The average molecular weight is 489 g/mol. The van der Waals surface area contributed by atoms with Crippen molar-refractivity contribution in [2.45, 2.75) is 49.3 Å². The van der Waals surface area contributed by atoms with E-state index >= 15 is 0 Å². The number of ether oxygens (including phenoxy) is 4. The largest absolute Gasteiger partial charge is 0.481 e. The Morgan fingerprint density at radius 1 is 0.857 bits per heavy atom. The predicted molar refractivity (Wildman–Crippen MR) is 119 cm³/mol. The van der Waals surface area contributed by atoms with Gasteiger partial charge in [0.05, 0.1) is 50.6 Å². The summed E-state index contributed by atoms with van der Waals surface area (Å²) in [5, 5.41) is 16.8. The Balaban J connectivity index is 1.25. The fourth-order valence-corrected chi connectivity index (χ4v) is 4.57. The predicted octanol–water partition coefficient (Wildman–Crippen LogP) is -0.210. The number of amides is 2. The number of carbonyl (C=O) groups is 2. The lowest BCUT2D eigenvalue weighted by molar-refractivity contribution is -0.137. The van der Waals surface area contributed by atoms with E-state index in [1.54, 1.807) is 0 Å². The number of hydrogen-bond acceptors (Lipinski definition) is 11. The van der Waals surface area contributed by atoms with Crippen molar-refractivity contribution in [1.82, 2.24) is 30.6 Å². The minimum Gasteiger partial charge on any atom is -0.481 e. The molecule has 0 radical (unpaired) electrons. The maximum atomic E-state index is 12.5. The zero-order valence-electron chi connectivity index (χ0n) is 19.5. The number of aliphatic hydroxyl groups is 1. The van der Waals surface area contributed by atoms with Gasteiger partial charge in [-0.1, -0.05) is 0 Å². The topological polar surface area (TPSA) is 167 Å². The summed E-state index contributed by atoms with van der Waals surface area (Å²) in [6.07, 6.45) is 7.48. The van der Waals surface area contributed by atoms with Crippen molar-refractivity contribution in [3.05, 3.63) is 24.8 Å². The Labute approximate surface area is 201 Å². The van der Waals surface area contributed by atoms with Crippen LogP contribution in [0.5, 0.6) is 23.5 Å². The molecule has 2 heterocycles. The van der Waals surface area contributed by atoms with Gasteiger partial charge in [0.25, 0.3) is 11.8 Å². The first-order chi connectivity index (χ1) is 16.9. The molecule has 2 bridgehead atoms. The number of carbonyl (C=O) groups excluding carboxylic acids is 2. The Morgan fingerprint density at radius 2 is 1.31 bits per heavy atom. The third kappa shape index (κ3) is 5.67. The molecule has 0 aromatic carbocycles. The van der Waals surface area contributed by atoms with Gasteiger partial charge in [-0.05, 0) is 32.1 Å². The lowest BCUT2D eigenvalue weighted by Crippen LogP contribution is -2.70. The summed E-state index contributed by atoms with van der Waals surface area (Å²) in [6.45, 7) is -0.444. The SMILES string of the molecule is COc1ncc(OCC(=O)NC23CCC(NC(=O)COc4cnc(OC)nc4)(CC2)[C@@H](O)C3)cn1. The van der Waals surface area contributed by atoms with Gasteiger partial charge in [0.1, 0.15) is 0 Å².